The lowest BCUT2D eigenvalue weighted by Gasteiger charge is -2.66. The molecule has 1 nitrogen and oxygen atoms in total. The van der Waals surface area contributed by atoms with Gasteiger partial charge in [-0.15, -0.1) is 0 Å². The van der Waals surface area contributed by atoms with E-state index in [1.165, 1.54) is 32.4 Å². The highest BCUT2D eigenvalue weighted by Gasteiger charge is 2.66. The molecule has 4 atom stereocenters. The third-order valence-electron chi connectivity index (χ3n) is 7.08. The Hall–Kier alpha value is -0.0400. The molecule has 4 fully saturated rings. The van der Waals surface area contributed by atoms with Gasteiger partial charge in [0.1, 0.15) is 0 Å². The fraction of sp³-hybridized carbons (Fsp3) is 1.00. The summed E-state index contributed by atoms with van der Waals surface area (Å²) in [7, 11) is 0. The third-order valence-corrected chi connectivity index (χ3v) is 7.08. The average Bonchev–Trinajstić information content (AvgIpc) is 2.67. The molecular formula is C17H31N. The second-order valence-electron chi connectivity index (χ2n) is 8.88. The first-order valence-corrected chi connectivity index (χ1v) is 7.97. The zero-order valence-corrected chi connectivity index (χ0v) is 13.2. The quantitative estimate of drug-likeness (QED) is 0.674. The normalized spacial score (nSPS) is 46.7. The van der Waals surface area contributed by atoms with Crippen molar-refractivity contribution in [1.82, 2.24) is 4.90 Å². The van der Waals surface area contributed by atoms with Gasteiger partial charge in [0.05, 0.1) is 0 Å². The lowest BCUT2D eigenvalue weighted by atomic mass is 9.38. The first-order chi connectivity index (χ1) is 8.22. The van der Waals surface area contributed by atoms with Crippen LogP contribution in [0.1, 0.15) is 60.8 Å². The first kappa shape index (κ1) is 13.0. The van der Waals surface area contributed by atoms with Crippen molar-refractivity contribution in [2.24, 2.45) is 28.6 Å². The Labute approximate surface area is 113 Å². The van der Waals surface area contributed by atoms with E-state index in [1.54, 1.807) is 0 Å². The third kappa shape index (κ3) is 1.43. The highest BCUT2D eigenvalue weighted by Crippen LogP contribution is 2.70. The monoisotopic (exact) mass is 249 g/mol. The fourth-order valence-corrected chi connectivity index (χ4v) is 5.59. The van der Waals surface area contributed by atoms with Gasteiger partial charge < -0.3 is 0 Å². The van der Waals surface area contributed by atoms with E-state index < -0.39 is 0 Å². The first-order valence-electron chi connectivity index (χ1n) is 7.97. The Morgan fingerprint density at radius 3 is 2.28 bits per heavy atom. The van der Waals surface area contributed by atoms with Crippen molar-refractivity contribution in [2.75, 3.05) is 13.1 Å². The minimum atomic E-state index is 0.355. The summed E-state index contributed by atoms with van der Waals surface area (Å²) < 4.78 is 0. The van der Waals surface area contributed by atoms with Gasteiger partial charge in [0.25, 0.3) is 0 Å². The lowest BCUT2D eigenvalue weighted by Crippen LogP contribution is -2.61. The molecule has 4 rings (SSSR count). The summed E-state index contributed by atoms with van der Waals surface area (Å²) in [5.74, 6) is 3.00. The molecule has 1 saturated heterocycles. The predicted molar refractivity (Wildman–Crippen MR) is 77.5 cm³/mol. The summed E-state index contributed by atoms with van der Waals surface area (Å²) in [6, 6.07) is 0. The average molecular weight is 249 g/mol. The molecule has 0 aromatic carbocycles. The van der Waals surface area contributed by atoms with E-state index >= 15 is 0 Å². The molecular weight excluding hydrogens is 218 g/mol. The van der Waals surface area contributed by atoms with Crippen molar-refractivity contribution in [3.8, 4) is 0 Å². The Morgan fingerprint density at radius 2 is 1.78 bits per heavy atom. The Balaban J connectivity index is 1.91. The van der Waals surface area contributed by atoms with Gasteiger partial charge in [0.2, 0.25) is 0 Å². The van der Waals surface area contributed by atoms with Gasteiger partial charge in [0, 0.05) is 18.6 Å². The topological polar surface area (TPSA) is 3.24 Å². The predicted octanol–water partition coefficient (Wildman–Crippen LogP) is 4.18. The lowest BCUT2D eigenvalue weighted by molar-refractivity contribution is -0.174. The van der Waals surface area contributed by atoms with E-state index in [2.05, 4.69) is 46.4 Å². The minimum Gasteiger partial charge on any atom is -0.298 e. The highest BCUT2D eigenvalue weighted by molar-refractivity contribution is 5.16. The molecule has 18 heavy (non-hydrogen) atoms. The SMILES string of the molecule is CCC12CN(C(C)(C)C)CC1CC1CC2C1(C)C. The van der Waals surface area contributed by atoms with Crippen LogP contribution in [0.25, 0.3) is 0 Å². The maximum absolute atomic E-state index is 2.78. The van der Waals surface area contributed by atoms with E-state index in [9.17, 15) is 0 Å². The Kier molecular flexibility index (Phi) is 2.55. The van der Waals surface area contributed by atoms with E-state index in [0.717, 1.165) is 17.8 Å². The second-order valence-corrected chi connectivity index (χ2v) is 8.88. The molecule has 3 saturated carbocycles. The van der Waals surface area contributed by atoms with Crippen molar-refractivity contribution in [1.29, 1.82) is 0 Å². The number of likely N-dealkylation sites (tertiary alicyclic amines) is 1. The number of hydrogen-bond acceptors (Lipinski definition) is 1. The van der Waals surface area contributed by atoms with Crippen molar-refractivity contribution in [3.05, 3.63) is 0 Å². The van der Waals surface area contributed by atoms with Crippen LogP contribution in [0.4, 0.5) is 0 Å². The van der Waals surface area contributed by atoms with Crippen LogP contribution in [0, 0.1) is 28.6 Å². The van der Waals surface area contributed by atoms with Gasteiger partial charge in [-0.3, -0.25) is 4.90 Å². The molecule has 104 valence electrons. The molecule has 4 unspecified atom stereocenters. The zero-order chi connectivity index (χ0) is 13.3. The molecule has 2 bridgehead atoms. The van der Waals surface area contributed by atoms with Crippen molar-refractivity contribution in [3.63, 3.8) is 0 Å². The molecule has 0 aromatic heterocycles. The molecule has 0 aromatic rings. The van der Waals surface area contributed by atoms with Gasteiger partial charge in [-0.25, -0.2) is 0 Å². The summed E-state index contributed by atoms with van der Waals surface area (Å²) in [6.45, 7) is 17.4. The van der Waals surface area contributed by atoms with E-state index in [4.69, 9.17) is 0 Å². The van der Waals surface area contributed by atoms with Crippen LogP contribution >= 0.6 is 0 Å². The molecule has 0 spiro atoms. The number of hydrogen-bond donors (Lipinski definition) is 0. The van der Waals surface area contributed by atoms with Gasteiger partial charge in [-0.1, -0.05) is 20.8 Å². The number of rotatable bonds is 1. The van der Waals surface area contributed by atoms with Crippen LogP contribution in [0.5, 0.6) is 0 Å². The van der Waals surface area contributed by atoms with Crippen molar-refractivity contribution >= 4 is 0 Å². The summed E-state index contributed by atoms with van der Waals surface area (Å²) >= 11 is 0. The minimum absolute atomic E-state index is 0.355. The van der Waals surface area contributed by atoms with Crippen LogP contribution in [0.15, 0.2) is 0 Å². The molecule has 3 aliphatic carbocycles. The van der Waals surface area contributed by atoms with Gasteiger partial charge in [-0.05, 0) is 68.6 Å². The summed E-state index contributed by atoms with van der Waals surface area (Å²) in [4.78, 5) is 2.78. The van der Waals surface area contributed by atoms with Crippen LogP contribution < -0.4 is 0 Å². The van der Waals surface area contributed by atoms with Crippen LogP contribution in [0.3, 0.4) is 0 Å². The van der Waals surface area contributed by atoms with Crippen LogP contribution in [-0.4, -0.2) is 23.5 Å². The van der Waals surface area contributed by atoms with Crippen LogP contribution in [0.2, 0.25) is 0 Å². The second kappa shape index (κ2) is 3.53. The molecule has 0 amide bonds. The summed E-state index contributed by atoms with van der Waals surface area (Å²) in [6.07, 6.45) is 4.42. The van der Waals surface area contributed by atoms with Crippen LogP contribution in [-0.2, 0) is 0 Å². The van der Waals surface area contributed by atoms with Crippen molar-refractivity contribution < 1.29 is 0 Å². The summed E-state index contributed by atoms with van der Waals surface area (Å²) in [5.41, 5.74) is 1.62. The largest absolute Gasteiger partial charge is 0.298 e. The zero-order valence-electron chi connectivity index (χ0n) is 13.2. The molecule has 1 aliphatic heterocycles. The Morgan fingerprint density at radius 1 is 1.11 bits per heavy atom. The standard InChI is InChI=1S/C17H31N/c1-7-17-11-18(15(2,3)4)10-13(17)8-12-9-14(17)16(12,5)6/h12-14H,7-11H2,1-6H3. The molecule has 4 aliphatic rings. The number of nitrogens with zero attached hydrogens (tertiary/aromatic N) is 1. The van der Waals surface area contributed by atoms with E-state index in [-0.39, 0.29) is 0 Å². The summed E-state index contributed by atoms with van der Waals surface area (Å²) in [5, 5.41) is 0. The van der Waals surface area contributed by atoms with E-state index in [1.807, 2.05) is 0 Å². The van der Waals surface area contributed by atoms with Gasteiger partial charge in [0.15, 0.2) is 0 Å². The molecule has 1 heteroatoms. The molecule has 1 heterocycles. The molecule has 0 N–H and O–H groups in total. The van der Waals surface area contributed by atoms with E-state index in [0.29, 0.717) is 16.4 Å². The smallest absolute Gasteiger partial charge is 0.0125 e. The fourth-order valence-electron chi connectivity index (χ4n) is 5.59. The maximum atomic E-state index is 2.78. The Bertz CT molecular complexity index is 351. The van der Waals surface area contributed by atoms with Crippen molar-refractivity contribution in [2.45, 2.75) is 66.3 Å². The van der Waals surface area contributed by atoms with Gasteiger partial charge >= 0.3 is 0 Å². The maximum Gasteiger partial charge on any atom is 0.0125 e. The highest BCUT2D eigenvalue weighted by atomic mass is 15.2. The molecule has 0 radical (unpaired) electrons. The van der Waals surface area contributed by atoms with Gasteiger partial charge in [-0.2, -0.15) is 0 Å².